The van der Waals surface area contributed by atoms with Gasteiger partial charge in [0.05, 0.1) is 23.9 Å². The maximum Gasteiger partial charge on any atom is 0.0715 e. The van der Waals surface area contributed by atoms with E-state index in [1.54, 1.807) is 97.1 Å². The molecule has 0 spiro atoms. The van der Waals surface area contributed by atoms with Crippen LogP contribution in [0.5, 0.6) is 0 Å². The van der Waals surface area contributed by atoms with Crippen molar-refractivity contribution in [1.82, 2.24) is 0 Å². The molecule has 0 fully saturated rings. The molecule has 0 aliphatic carbocycles. The van der Waals surface area contributed by atoms with E-state index in [4.69, 9.17) is 0 Å². The molecule has 8 nitrogen and oxygen atoms in total. The molecule has 4 radical (unpaired) electrons. The minimum atomic E-state index is -1.14. The van der Waals surface area contributed by atoms with Gasteiger partial charge in [0, 0.05) is 27.3 Å². The zero-order valence-electron chi connectivity index (χ0n) is 32.6. The SMILES string of the molecule is O=C([O-])c1ccc(-c2ccccc2)cc1.O=C([O-])c1ccc(-c2ccccc2)cc1.O=C([O-])c1ccc(-c2ccccc2)cc1.O=C([O-])c1ccc(-c2ccccc2)cc1.[Pb]. The summed E-state index contributed by atoms with van der Waals surface area (Å²) in [4.78, 5) is 42.2. The zero-order chi connectivity index (χ0) is 42.7. The maximum atomic E-state index is 10.5. The van der Waals surface area contributed by atoms with Crippen LogP contribution in [0.4, 0.5) is 0 Å². The van der Waals surface area contributed by atoms with Crippen LogP contribution >= 0.6 is 0 Å². The fourth-order valence-electron chi connectivity index (χ4n) is 5.72. The Morgan fingerprint density at radius 2 is 0.344 bits per heavy atom. The van der Waals surface area contributed by atoms with Crippen LogP contribution in [0.25, 0.3) is 44.5 Å². The molecule has 8 aromatic carbocycles. The molecule has 0 aromatic heterocycles. The Morgan fingerprint density at radius 3 is 0.475 bits per heavy atom. The Morgan fingerprint density at radius 1 is 0.213 bits per heavy atom. The molecule has 0 saturated carbocycles. The normalized spacial score (nSPS) is 9.70. The first-order valence-electron chi connectivity index (χ1n) is 18.6. The van der Waals surface area contributed by atoms with Gasteiger partial charge in [0.15, 0.2) is 0 Å². The molecule has 8 rings (SSSR count). The van der Waals surface area contributed by atoms with Crippen molar-refractivity contribution in [2.75, 3.05) is 0 Å². The molecule has 61 heavy (non-hydrogen) atoms. The summed E-state index contributed by atoms with van der Waals surface area (Å²) in [5.74, 6) is -4.58. The molecule has 0 saturated heterocycles. The summed E-state index contributed by atoms with van der Waals surface area (Å²) in [5, 5.41) is 42.2. The molecule has 0 amide bonds. The second-order valence-electron chi connectivity index (χ2n) is 12.9. The number of carboxylic acid groups (broad SMARTS) is 4. The number of carbonyl (C=O) groups is 4. The van der Waals surface area contributed by atoms with Crippen molar-refractivity contribution < 1.29 is 39.6 Å². The summed E-state index contributed by atoms with van der Waals surface area (Å²) in [5.41, 5.74) is 9.10. The molecule has 0 heterocycles. The third kappa shape index (κ3) is 14.4. The monoisotopic (exact) mass is 996 g/mol. The Kier molecular flexibility index (Phi) is 18.1. The van der Waals surface area contributed by atoms with Crippen molar-refractivity contribution in [2.24, 2.45) is 0 Å². The van der Waals surface area contributed by atoms with Crippen LogP contribution in [0.3, 0.4) is 0 Å². The quantitative estimate of drug-likeness (QED) is 0.156. The maximum absolute atomic E-state index is 10.5. The number of aromatic carboxylic acids is 4. The molecule has 0 unspecified atom stereocenters. The van der Waals surface area contributed by atoms with E-state index in [0.717, 1.165) is 44.5 Å². The number of benzene rings is 8. The van der Waals surface area contributed by atoms with Crippen molar-refractivity contribution in [2.45, 2.75) is 0 Å². The first kappa shape index (κ1) is 46.3. The van der Waals surface area contributed by atoms with Gasteiger partial charge in [-0.1, -0.05) is 218 Å². The van der Waals surface area contributed by atoms with Crippen LogP contribution in [0.1, 0.15) is 41.4 Å². The Hall–Kier alpha value is -7.44. The average Bonchev–Trinajstić information content (AvgIpc) is 3.31. The molecule has 9 heteroatoms. The van der Waals surface area contributed by atoms with Crippen molar-refractivity contribution >= 4 is 51.2 Å². The van der Waals surface area contributed by atoms with Gasteiger partial charge in [-0.05, 0) is 66.8 Å². The predicted molar refractivity (Wildman–Crippen MR) is 231 cm³/mol. The molecule has 300 valence electrons. The molecule has 0 atom stereocenters. The summed E-state index contributed by atoms with van der Waals surface area (Å²) in [6.07, 6.45) is 0. The molecule has 0 bridgehead atoms. The topological polar surface area (TPSA) is 161 Å². The van der Waals surface area contributed by atoms with Crippen LogP contribution in [0, 0.1) is 0 Å². The van der Waals surface area contributed by atoms with Gasteiger partial charge >= 0.3 is 0 Å². The summed E-state index contributed by atoms with van der Waals surface area (Å²) < 4.78 is 0. The summed E-state index contributed by atoms with van der Waals surface area (Å²) in [6, 6.07) is 65.8. The summed E-state index contributed by atoms with van der Waals surface area (Å²) >= 11 is 0. The van der Waals surface area contributed by atoms with Gasteiger partial charge in [-0.3, -0.25) is 0 Å². The van der Waals surface area contributed by atoms with Crippen molar-refractivity contribution in [3.05, 3.63) is 241 Å². The van der Waals surface area contributed by atoms with E-state index in [0.29, 0.717) is 0 Å². The minimum absolute atomic E-state index is 0. The third-order valence-electron chi connectivity index (χ3n) is 8.91. The second-order valence-corrected chi connectivity index (χ2v) is 12.9. The Bertz CT molecular complexity index is 2210. The van der Waals surface area contributed by atoms with E-state index >= 15 is 0 Å². The van der Waals surface area contributed by atoms with Gasteiger partial charge in [-0.25, -0.2) is 0 Å². The van der Waals surface area contributed by atoms with Gasteiger partial charge < -0.3 is 39.6 Å². The molecule has 8 aromatic rings. The number of carbonyl (C=O) groups excluding carboxylic acids is 4. The fourth-order valence-corrected chi connectivity index (χ4v) is 5.72. The van der Waals surface area contributed by atoms with Crippen molar-refractivity contribution in [3.8, 4) is 44.5 Å². The van der Waals surface area contributed by atoms with Crippen molar-refractivity contribution in [1.29, 1.82) is 0 Å². The zero-order valence-corrected chi connectivity index (χ0v) is 36.4. The molecule has 0 aliphatic heterocycles. The first-order chi connectivity index (χ1) is 29.1. The van der Waals surface area contributed by atoms with Crippen LogP contribution in [0.15, 0.2) is 218 Å². The molecular weight excluding hydrogens is 960 g/mol. The van der Waals surface area contributed by atoms with Crippen LogP contribution < -0.4 is 20.4 Å². The number of hydrogen-bond acceptors (Lipinski definition) is 8. The minimum Gasteiger partial charge on any atom is -0.545 e. The summed E-state index contributed by atoms with van der Waals surface area (Å²) in [6.45, 7) is 0. The van der Waals surface area contributed by atoms with Gasteiger partial charge in [0.1, 0.15) is 0 Å². The smallest absolute Gasteiger partial charge is 0.0715 e. The van der Waals surface area contributed by atoms with E-state index in [1.165, 1.54) is 0 Å². The standard InChI is InChI=1S/4C13H10O2.Pb/c4*14-13(15)12-8-6-11(7-9-12)10-4-2-1-3-5-10;/h4*1-9H,(H,14,15);/p-4. The number of hydrogen-bond donors (Lipinski definition) is 0. The number of carboxylic acids is 4. The fraction of sp³-hybridized carbons (Fsp3) is 0. The van der Waals surface area contributed by atoms with Gasteiger partial charge in [0.25, 0.3) is 0 Å². The van der Waals surface area contributed by atoms with E-state index < -0.39 is 23.9 Å². The average molecular weight is 996 g/mol. The summed E-state index contributed by atoms with van der Waals surface area (Å²) in [7, 11) is 0. The Balaban J connectivity index is 0.000000178. The molecular formula is C52H36O8Pb-4. The first-order valence-corrected chi connectivity index (χ1v) is 18.6. The van der Waals surface area contributed by atoms with Gasteiger partial charge in [0.2, 0.25) is 0 Å². The van der Waals surface area contributed by atoms with Crippen LogP contribution in [-0.4, -0.2) is 51.2 Å². The van der Waals surface area contributed by atoms with Crippen LogP contribution in [-0.2, 0) is 0 Å². The third-order valence-corrected chi connectivity index (χ3v) is 8.91. The van der Waals surface area contributed by atoms with Gasteiger partial charge in [-0.15, -0.1) is 0 Å². The van der Waals surface area contributed by atoms with E-state index in [2.05, 4.69) is 0 Å². The predicted octanol–water partition coefficient (Wildman–Crippen LogP) is 6.49. The number of rotatable bonds is 8. The Labute approximate surface area is 373 Å². The van der Waals surface area contributed by atoms with E-state index in [1.807, 2.05) is 121 Å². The van der Waals surface area contributed by atoms with Crippen LogP contribution in [0.2, 0.25) is 0 Å². The second kappa shape index (κ2) is 23.8. The van der Waals surface area contributed by atoms with E-state index in [-0.39, 0.29) is 49.6 Å². The van der Waals surface area contributed by atoms with E-state index in [9.17, 15) is 39.6 Å². The van der Waals surface area contributed by atoms with Gasteiger partial charge in [-0.2, -0.15) is 0 Å². The molecule has 0 aliphatic rings. The molecule has 0 N–H and O–H groups in total. The largest absolute Gasteiger partial charge is 0.545 e. The van der Waals surface area contributed by atoms with Crippen molar-refractivity contribution in [3.63, 3.8) is 0 Å².